The summed E-state index contributed by atoms with van der Waals surface area (Å²) in [7, 11) is 0. The van der Waals surface area contributed by atoms with Gasteiger partial charge < -0.3 is 13.7 Å². The molecule has 11 rings (SSSR count). The Labute approximate surface area is 330 Å². The van der Waals surface area contributed by atoms with E-state index in [1.54, 1.807) is 0 Å². The van der Waals surface area contributed by atoms with Gasteiger partial charge in [-0.25, -0.2) is 0 Å². The van der Waals surface area contributed by atoms with Crippen LogP contribution >= 0.6 is 0 Å². The average Bonchev–Trinajstić information content (AvgIpc) is 3.85. The van der Waals surface area contributed by atoms with Gasteiger partial charge in [-0.1, -0.05) is 152 Å². The van der Waals surface area contributed by atoms with E-state index < -0.39 is 0 Å². The predicted octanol–water partition coefficient (Wildman–Crippen LogP) is 15.6. The molecule has 0 bridgehead atoms. The van der Waals surface area contributed by atoms with E-state index in [1.165, 1.54) is 22.3 Å². The number of hydrogen-bond donors (Lipinski definition) is 0. The number of furan rings is 2. The van der Waals surface area contributed by atoms with Crippen LogP contribution in [0.3, 0.4) is 0 Å². The smallest absolute Gasteiger partial charge is 0.144 e. The standard InChI is InChI=1S/C54H35NO2/c1-4-12-36(13-5-1)38-20-27-43(28-21-38)55(44-29-22-39(23-30-44)37-14-6-2-7-15-37)45-31-24-40(25-32-45)42-26-33-50-47(34-42)48-35-51-53(46-18-10-11-19-49(46)56-51)52(54(48)57-50)41-16-8-3-9-17-41/h1-35H. The second kappa shape index (κ2) is 13.6. The Bertz CT molecular complexity index is 3100. The normalized spacial score (nSPS) is 11.5. The maximum Gasteiger partial charge on any atom is 0.144 e. The number of para-hydroxylation sites is 1. The van der Waals surface area contributed by atoms with Crippen LogP contribution in [0.5, 0.6) is 0 Å². The summed E-state index contributed by atoms with van der Waals surface area (Å²) in [5.41, 5.74) is 15.9. The van der Waals surface area contributed by atoms with Crippen molar-refractivity contribution in [3.63, 3.8) is 0 Å². The van der Waals surface area contributed by atoms with Crippen LogP contribution in [0.25, 0.3) is 88.4 Å². The lowest BCUT2D eigenvalue weighted by Gasteiger charge is -2.26. The quantitative estimate of drug-likeness (QED) is 0.164. The van der Waals surface area contributed by atoms with Crippen molar-refractivity contribution in [1.29, 1.82) is 0 Å². The van der Waals surface area contributed by atoms with Crippen LogP contribution in [0.1, 0.15) is 0 Å². The summed E-state index contributed by atoms with van der Waals surface area (Å²) >= 11 is 0. The molecule has 0 aliphatic heterocycles. The molecule has 0 aliphatic carbocycles. The lowest BCUT2D eigenvalue weighted by atomic mass is 9.96. The van der Waals surface area contributed by atoms with Gasteiger partial charge in [0.1, 0.15) is 22.3 Å². The largest absolute Gasteiger partial charge is 0.456 e. The molecule has 11 aromatic rings. The Kier molecular flexibility index (Phi) is 7.82. The average molecular weight is 730 g/mol. The van der Waals surface area contributed by atoms with Crippen LogP contribution in [0.4, 0.5) is 17.1 Å². The molecule has 0 spiro atoms. The number of rotatable bonds is 7. The highest BCUT2D eigenvalue weighted by molar-refractivity contribution is 6.23. The minimum absolute atomic E-state index is 0.851. The van der Waals surface area contributed by atoms with Crippen LogP contribution in [-0.4, -0.2) is 0 Å². The fraction of sp³-hybridized carbons (Fsp3) is 0. The van der Waals surface area contributed by atoms with Gasteiger partial charge in [-0.15, -0.1) is 0 Å². The summed E-state index contributed by atoms with van der Waals surface area (Å²) in [6.45, 7) is 0. The van der Waals surface area contributed by atoms with Gasteiger partial charge in [0.05, 0.1) is 0 Å². The van der Waals surface area contributed by atoms with Gasteiger partial charge in [-0.2, -0.15) is 0 Å². The summed E-state index contributed by atoms with van der Waals surface area (Å²) in [5.74, 6) is 0. The molecule has 9 aromatic carbocycles. The Balaban J connectivity index is 1.00. The Morgan fingerprint density at radius 2 is 0.719 bits per heavy atom. The van der Waals surface area contributed by atoms with E-state index in [0.717, 1.165) is 83.2 Å². The molecule has 0 saturated heterocycles. The number of fused-ring (bicyclic) bond motifs is 6. The Morgan fingerprint density at radius 1 is 0.281 bits per heavy atom. The number of hydrogen-bond acceptors (Lipinski definition) is 3. The molecule has 57 heavy (non-hydrogen) atoms. The molecule has 0 fully saturated rings. The number of benzene rings is 9. The fourth-order valence-electron chi connectivity index (χ4n) is 8.29. The second-order valence-electron chi connectivity index (χ2n) is 14.5. The molecule has 0 saturated carbocycles. The van der Waals surface area contributed by atoms with Gasteiger partial charge in [0.25, 0.3) is 0 Å². The molecule has 3 nitrogen and oxygen atoms in total. The first-order chi connectivity index (χ1) is 28.2. The first-order valence-corrected chi connectivity index (χ1v) is 19.3. The third kappa shape index (κ3) is 5.76. The van der Waals surface area contributed by atoms with E-state index >= 15 is 0 Å². The molecular weight excluding hydrogens is 695 g/mol. The fourth-order valence-corrected chi connectivity index (χ4v) is 8.29. The molecule has 0 unspecified atom stereocenters. The molecule has 2 aromatic heterocycles. The first kappa shape index (κ1) is 32.8. The second-order valence-corrected chi connectivity index (χ2v) is 14.5. The van der Waals surface area contributed by atoms with Crippen molar-refractivity contribution < 1.29 is 8.83 Å². The third-order valence-electron chi connectivity index (χ3n) is 11.1. The minimum atomic E-state index is 0.851. The van der Waals surface area contributed by atoms with Crippen molar-refractivity contribution in [2.45, 2.75) is 0 Å². The van der Waals surface area contributed by atoms with Gasteiger partial charge in [0, 0.05) is 44.2 Å². The van der Waals surface area contributed by atoms with E-state index in [1.807, 2.05) is 18.2 Å². The van der Waals surface area contributed by atoms with Crippen molar-refractivity contribution in [2.75, 3.05) is 4.90 Å². The zero-order valence-electron chi connectivity index (χ0n) is 31.0. The maximum absolute atomic E-state index is 6.73. The van der Waals surface area contributed by atoms with E-state index in [2.05, 4.69) is 199 Å². The summed E-state index contributed by atoms with van der Waals surface area (Å²) in [6.07, 6.45) is 0. The SMILES string of the molecule is c1ccc(-c2ccc(N(c3ccc(-c4ccccc4)cc3)c3ccc(-c4ccc5oc6c(-c7ccccc7)c7c(cc6c5c4)oc4ccccc47)cc3)cc2)cc1. The van der Waals surface area contributed by atoms with E-state index in [0.29, 0.717) is 0 Å². The maximum atomic E-state index is 6.73. The van der Waals surface area contributed by atoms with Crippen LogP contribution < -0.4 is 4.90 Å². The Hall–Kier alpha value is -7.62. The molecule has 0 N–H and O–H groups in total. The lowest BCUT2D eigenvalue weighted by Crippen LogP contribution is -2.09. The molecule has 0 atom stereocenters. The highest BCUT2D eigenvalue weighted by Gasteiger charge is 2.21. The monoisotopic (exact) mass is 729 g/mol. The summed E-state index contributed by atoms with van der Waals surface area (Å²) < 4.78 is 13.2. The molecule has 0 amide bonds. The van der Waals surface area contributed by atoms with Crippen LogP contribution in [0, 0.1) is 0 Å². The summed E-state index contributed by atoms with van der Waals surface area (Å²) in [5, 5.41) is 4.26. The van der Waals surface area contributed by atoms with E-state index in [9.17, 15) is 0 Å². The van der Waals surface area contributed by atoms with Crippen molar-refractivity contribution in [3.05, 3.63) is 212 Å². The van der Waals surface area contributed by atoms with Crippen molar-refractivity contribution in [2.24, 2.45) is 0 Å². The van der Waals surface area contributed by atoms with E-state index in [4.69, 9.17) is 8.83 Å². The van der Waals surface area contributed by atoms with Gasteiger partial charge in [0.2, 0.25) is 0 Å². The highest BCUT2D eigenvalue weighted by atomic mass is 16.3. The molecule has 2 heterocycles. The molecule has 0 radical (unpaired) electrons. The third-order valence-corrected chi connectivity index (χ3v) is 11.1. The predicted molar refractivity (Wildman–Crippen MR) is 237 cm³/mol. The first-order valence-electron chi connectivity index (χ1n) is 19.3. The molecule has 268 valence electrons. The van der Waals surface area contributed by atoms with Gasteiger partial charge in [-0.05, 0) is 99.6 Å². The lowest BCUT2D eigenvalue weighted by molar-refractivity contribution is 0.664. The van der Waals surface area contributed by atoms with Gasteiger partial charge in [0.15, 0.2) is 0 Å². The molecule has 0 aliphatic rings. The zero-order valence-corrected chi connectivity index (χ0v) is 31.0. The molecule has 3 heteroatoms. The van der Waals surface area contributed by atoms with Crippen molar-refractivity contribution in [1.82, 2.24) is 0 Å². The number of anilines is 3. The van der Waals surface area contributed by atoms with Gasteiger partial charge in [-0.3, -0.25) is 0 Å². The topological polar surface area (TPSA) is 29.5 Å². The number of nitrogens with zero attached hydrogens (tertiary/aromatic N) is 1. The minimum Gasteiger partial charge on any atom is -0.456 e. The van der Waals surface area contributed by atoms with Crippen molar-refractivity contribution >= 4 is 60.9 Å². The molecular formula is C54H35NO2. The van der Waals surface area contributed by atoms with Gasteiger partial charge >= 0.3 is 0 Å². The zero-order chi connectivity index (χ0) is 37.7. The van der Waals surface area contributed by atoms with Crippen molar-refractivity contribution in [3.8, 4) is 44.5 Å². The van der Waals surface area contributed by atoms with E-state index in [-0.39, 0.29) is 0 Å². The van der Waals surface area contributed by atoms with Crippen LogP contribution in [-0.2, 0) is 0 Å². The summed E-state index contributed by atoms with van der Waals surface area (Å²) in [6, 6.07) is 75.0. The Morgan fingerprint density at radius 3 is 1.28 bits per heavy atom. The van der Waals surface area contributed by atoms with Crippen LogP contribution in [0.2, 0.25) is 0 Å². The highest BCUT2D eigenvalue weighted by Crippen LogP contribution is 2.46. The van der Waals surface area contributed by atoms with Crippen LogP contribution in [0.15, 0.2) is 221 Å². The summed E-state index contributed by atoms with van der Waals surface area (Å²) in [4.78, 5) is 2.32.